The molecule has 9 nitrogen and oxygen atoms in total. The molecule has 1 amide bonds. The number of carbonyl (C=O) groups is 2. The van der Waals surface area contributed by atoms with Crippen LogP contribution < -0.4 is 10.2 Å². The Bertz CT molecular complexity index is 828. The maximum Gasteiger partial charge on any atom is 0.338 e. The van der Waals surface area contributed by atoms with Crippen LogP contribution in [-0.2, 0) is 16.1 Å². The van der Waals surface area contributed by atoms with Gasteiger partial charge in [-0.1, -0.05) is 0 Å². The lowest BCUT2D eigenvalue weighted by Crippen LogP contribution is -2.28. The molecular formula is C18H19N3O6. The van der Waals surface area contributed by atoms with Crippen LogP contribution in [0, 0.1) is 10.1 Å². The van der Waals surface area contributed by atoms with Gasteiger partial charge in [-0.05, 0) is 37.1 Å². The van der Waals surface area contributed by atoms with E-state index in [1.807, 2.05) is 4.90 Å². The number of rotatable bonds is 7. The molecule has 2 heterocycles. The third-order valence-corrected chi connectivity index (χ3v) is 4.23. The normalized spacial score (nSPS) is 13.4. The van der Waals surface area contributed by atoms with Gasteiger partial charge in [-0.2, -0.15) is 0 Å². The summed E-state index contributed by atoms with van der Waals surface area (Å²) in [6.45, 7) is 1.20. The minimum atomic E-state index is -0.792. The second kappa shape index (κ2) is 8.35. The zero-order chi connectivity index (χ0) is 19.2. The molecule has 3 rings (SSSR count). The summed E-state index contributed by atoms with van der Waals surface area (Å²) in [7, 11) is 0. The van der Waals surface area contributed by atoms with Gasteiger partial charge in [0.25, 0.3) is 11.6 Å². The quantitative estimate of drug-likeness (QED) is 0.450. The van der Waals surface area contributed by atoms with Crippen molar-refractivity contribution in [3.8, 4) is 0 Å². The number of nitrogens with zero attached hydrogens (tertiary/aromatic N) is 2. The van der Waals surface area contributed by atoms with Crippen LogP contribution >= 0.6 is 0 Å². The molecular weight excluding hydrogens is 354 g/mol. The van der Waals surface area contributed by atoms with Crippen LogP contribution in [0.3, 0.4) is 0 Å². The van der Waals surface area contributed by atoms with Crippen molar-refractivity contribution in [1.29, 1.82) is 0 Å². The van der Waals surface area contributed by atoms with E-state index in [0.29, 0.717) is 11.4 Å². The fourth-order valence-electron chi connectivity index (χ4n) is 2.89. The number of esters is 1. The second-order valence-electron chi connectivity index (χ2n) is 6.09. The molecule has 0 spiro atoms. The van der Waals surface area contributed by atoms with Gasteiger partial charge in [0.2, 0.25) is 0 Å². The van der Waals surface area contributed by atoms with Gasteiger partial charge in [0.15, 0.2) is 6.61 Å². The monoisotopic (exact) mass is 373 g/mol. The Morgan fingerprint density at radius 3 is 2.70 bits per heavy atom. The molecule has 1 aliphatic heterocycles. The lowest BCUT2D eigenvalue weighted by Gasteiger charge is -2.17. The first-order valence-corrected chi connectivity index (χ1v) is 8.54. The number of benzene rings is 1. The lowest BCUT2D eigenvalue weighted by atomic mass is 10.1. The third-order valence-electron chi connectivity index (χ3n) is 4.23. The van der Waals surface area contributed by atoms with Crippen molar-refractivity contribution in [3.05, 3.63) is 58.0 Å². The summed E-state index contributed by atoms with van der Waals surface area (Å²) in [5, 5.41) is 13.9. The van der Waals surface area contributed by atoms with Crippen LogP contribution in [0.4, 0.5) is 11.4 Å². The van der Waals surface area contributed by atoms with E-state index in [-0.39, 0.29) is 17.8 Å². The van der Waals surface area contributed by atoms with Crippen LogP contribution in [0.25, 0.3) is 0 Å². The first kappa shape index (κ1) is 18.4. The Morgan fingerprint density at radius 1 is 1.26 bits per heavy atom. The van der Waals surface area contributed by atoms with Gasteiger partial charge in [-0.3, -0.25) is 14.9 Å². The van der Waals surface area contributed by atoms with E-state index in [2.05, 4.69) is 5.32 Å². The van der Waals surface area contributed by atoms with Gasteiger partial charge in [-0.25, -0.2) is 4.79 Å². The second-order valence-corrected chi connectivity index (χ2v) is 6.09. The molecule has 1 fully saturated rings. The van der Waals surface area contributed by atoms with E-state index in [9.17, 15) is 19.7 Å². The summed E-state index contributed by atoms with van der Waals surface area (Å²) < 4.78 is 10.0. The van der Waals surface area contributed by atoms with Crippen LogP contribution in [0.1, 0.15) is 29.0 Å². The minimum Gasteiger partial charge on any atom is -0.467 e. The molecule has 0 saturated carbocycles. The Kier molecular flexibility index (Phi) is 5.70. The van der Waals surface area contributed by atoms with Crippen LogP contribution in [0.5, 0.6) is 0 Å². The molecule has 1 aromatic carbocycles. The molecule has 1 N–H and O–H groups in total. The summed E-state index contributed by atoms with van der Waals surface area (Å²) in [6, 6.07) is 7.62. The van der Waals surface area contributed by atoms with Gasteiger partial charge in [0.05, 0.1) is 23.3 Å². The largest absolute Gasteiger partial charge is 0.467 e. The first-order chi connectivity index (χ1) is 13.0. The highest BCUT2D eigenvalue weighted by molar-refractivity contribution is 5.93. The molecule has 1 aromatic heterocycles. The zero-order valence-electron chi connectivity index (χ0n) is 14.6. The third kappa shape index (κ3) is 4.63. The number of furan rings is 1. The zero-order valence-corrected chi connectivity index (χ0v) is 14.6. The summed E-state index contributed by atoms with van der Waals surface area (Å²) in [5.41, 5.74) is 0.377. The topological polar surface area (TPSA) is 115 Å². The molecule has 1 aliphatic rings. The molecule has 142 valence electrons. The molecule has 0 bridgehead atoms. The molecule has 27 heavy (non-hydrogen) atoms. The van der Waals surface area contributed by atoms with Crippen molar-refractivity contribution in [3.63, 3.8) is 0 Å². The number of nitrogens with one attached hydrogen (secondary N) is 1. The number of nitro benzene ring substituents is 1. The van der Waals surface area contributed by atoms with E-state index >= 15 is 0 Å². The van der Waals surface area contributed by atoms with Gasteiger partial charge in [-0.15, -0.1) is 0 Å². The van der Waals surface area contributed by atoms with Crippen molar-refractivity contribution < 1.29 is 23.7 Å². The van der Waals surface area contributed by atoms with Crippen LogP contribution in [0.15, 0.2) is 41.0 Å². The van der Waals surface area contributed by atoms with Crippen molar-refractivity contribution in [2.45, 2.75) is 19.4 Å². The number of hydrogen-bond donors (Lipinski definition) is 1. The van der Waals surface area contributed by atoms with E-state index in [1.54, 1.807) is 18.2 Å². The van der Waals surface area contributed by atoms with Crippen molar-refractivity contribution in [1.82, 2.24) is 5.32 Å². The fraction of sp³-hybridized carbons (Fsp3) is 0.333. The Hall–Kier alpha value is -3.36. The molecule has 0 unspecified atom stereocenters. The summed E-state index contributed by atoms with van der Waals surface area (Å²) in [5.74, 6) is -0.718. The number of amides is 1. The van der Waals surface area contributed by atoms with Crippen LogP contribution in [0.2, 0.25) is 0 Å². The van der Waals surface area contributed by atoms with Gasteiger partial charge in [0, 0.05) is 19.2 Å². The summed E-state index contributed by atoms with van der Waals surface area (Å²) in [6.07, 6.45) is 3.45. The summed E-state index contributed by atoms with van der Waals surface area (Å²) in [4.78, 5) is 36.6. The molecule has 1 saturated heterocycles. The highest BCUT2D eigenvalue weighted by atomic mass is 16.6. The fourth-order valence-corrected chi connectivity index (χ4v) is 2.89. The van der Waals surface area contributed by atoms with E-state index in [0.717, 1.165) is 25.9 Å². The highest BCUT2D eigenvalue weighted by Gasteiger charge is 2.24. The highest BCUT2D eigenvalue weighted by Crippen LogP contribution is 2.31. The summed E-state index contributed by atoms with van der Waals surface area (Å²) >= 11 is 0. The van der Waals surface area contributed by atoms with Gasteiger partial charge < -0.3 is 19.4 Å². The molecule has 0 atom stereocenters. The average molecular weight is 373 g/mol. The lowest BCUT2D eigenvalue weighted by molar-refractivity contribution is -0.384. The molecule has 0 radical (unpaired) electrons. The first-order valence-electron chi connectivity index (χ1n) is 8.54. The predicted octanol–water partition coefficient (Wildman–Crippen LogP) is 2.26. The number of ether oxygens (including phenoxy) is 1. The minimum absolute atomic E-state index is 0.0310. The average Bonchev–Trinajstić information content (AvgIpc) is 3.37. The SMILES string of the molecule is O=C(COC(=O)c1ccc(N2CCCC2)c([N+](=O)[O-])c1)NCc1ccco1. The van der Waals surface area contributed by atoms with Crippen LogP contribution in [-0.4, -0.2) is 36.5 Å². The van der Waals surface area contributed by atoms with E-state index in [1.165, 1.54) is 18.4 Å². The molecule has 9 heteroatoms. The smallest absolute Gasteiger partial charge is 0.338 e. The van der Waals surface area contributed by atoms with Crippen molar-refractivity contribution in [2.24, 2.45) is 0 Å². The number of nitro groups is 1. The van der Waals surface area contributed by atoms with Crippen molar-refractivity contribution >= 4 is 23.3 Å². The molecule has 0 aliphatic carbocycles. The maximum atomic E-state index is 12.1. The Balaban J connectivity index is 1.59. The van der Waals surface area contributed by atoms with E-state index in [4.69, 9.17) is 9.15 Å². The number of anilines is 1. The van der Waals surface area contributed by atoms with Gasteiger partial charge >= 0.3 is 5.97 Å². The Labute approximate surface area is 155 Å². The van der Waals surface area contributed by atoms with Gasteiger partial charge in [0.1, 0.15) is 11.4 Å². The number of carbonyl (C=O) groups excluding carboxylic acids is 2. The maximum absolute atomic E-state index is 12.1. The van der Waals surface area contributed by atoms with E-state index < -0.39 is 23.4 Å². The Morgan fingerprint density at radius 2 is 2.04 bits per heavy atom. The predicted molar refractivity (Wildman–Crippen MR) is 95.4 cm³/mol. The van der Waals surface area contributed by atoms with Crippen molar-refractivity contribution in [2.75, 3.05) is 24.6 Å². The standard InChI is InChI=1S/C18H19N3O6/c22-17(19-11-14-4-3-9-26-14)12-27-18(23)13-5-6-15(16(10-13)21(24)25)20-7-1-2-8-20/h3-6,9-10H,1-2,7-8,11-12H2,(H,19,22). The molecule has 2 aromatic rings. The number of hydrogen-bond acceptors (Lipinski definition) is 7.